The van der Waals surface area contributed by atoms with Gasteiger partial charge in [0.2, 0.25) is 5.95 Å². The summed E-state index contributed by atoms with van der Waals surface area (Å²) in [6.07, 6.45) is 7.61. The number of hydrogen-bond acceptors (Lipinski definition) is 9. The lowest BCUT2D eigenvalue weighted by Gasteiger charge is -2.29. The molecule has 3 rings (SSSR count). The summed E-state index contributed by atoms with van der Waals surface area (Å²) in [7, 11) is 1.67. The molecule has 1 unspecified atom stereocenters. The summed E-state index contributed by atoms with van der Waals surface area (Å²) < 4.78 is 10.4. The first kappa shape index (κ1) is 22.0. The van der Waals surface area contributed by atoms with Gasteiger partial charge < -0.3 is 30.5 Å². The minimum atomic E-state index is -0.895. The zero-order chi connectivity index (χ0) is 20.5. The molecule has 0 aromatic carbocycles. The van der Waals surface area contributed by atoms with Gasteiger partial charge in [-0.3, -0.25) is 4.79 Å². The summed E-state index contributed by atoms with van der Waals surface area (Å²) in [5.74, 6) is 0.275. The van der Waals surface area contributed by atoms with E-state index in [1.54, 1.807) is 25.4 Å². The number of nitrogens with one attached hydrogen (secondary N) is 3. The summed E-state index contributed by atoms with van der Waals surface area (Å²) >= 11 is 1.08. The van der Waals surface area contributed by atoms with E-state index in [-0.39, 0.29) is 5.91 Å². The molecular weight excluding hydrogens is 394 g/mol. The van der Waals surface area contributed by atoms with Crippen LogP contribution in [-0.2, 0) is 14.3 Å². The molecule has 10 heteroatoms. The Morgan fingerprint density at radius 2 is 2.07 bits per heavy atom. The van der Waals surface area contributed by atoms with E-state index in [0.717, 1.165) is 44.0 Å². The van der Waals surface area contributed by atoms with Gasteiger partial charge in [-0.1, -0.05) is 11.8 Å². The van der Waals surface area contributed by atoms with Crippen molar-refractivity contribution in [2.45, 2.75) is 43.3 Å². The normalized spacial score (nSPS) is 25.9. The molecule has 9 nitrogen and oxygen atoms in total. The molecule has 1 aliphatic heterocycles. The van der Waals surface area contributed by atoms with Gasteiger partial charge in [-0.2, -0.15) is 0 Å². The maximum Gasteiger partial charge on any atom is 0.260 e. The molecule has 2 fully saturated rings. The fourth-order valence-corrected chi connectivity index (χ4v) is 4.11. The largest absolute Gasteiger partial charge is 0.382 e. The Morgan fingerprint density at radius 3 is 2.79 bits per heavy atom. The van der Waals surface area contributed by atoms with E-state index in [1.165, 1.54) is 0 Å². The second-order valence-electron chi connectivity index (χ2n) is 7.01. The summed E-state index contributed by atoms with van der Waals surface area (Å²) in [6, 6.07) is 2.59. The van der Waals surface area contributed by atoms with Crippen molar-refractivity contribution in [2.24, 2.45) is 0 Å². The number of nitrogens with zero attached hydrogens (tertiary/aromatic N) is 2. The molecule has 0 spiro atoms. The fourth-order valence-electron chi connectivity index (χ4n) is 3.35. The number of methoxy groups -OCH3 is 1. The van der Waals surface area contributed by atoms with Crippen molar-refractivity contribution in [3.05, 3.63) is 22.9 Å². The van der Waals surface area contributed by atoms with Crippen LogP contribution in [0.2, 0.25) is 0 Å². The van der Waals surface area contributed by atoms with Crippen LogP contribution in [0, 0.1) is 0 Å². The summed E-state index contributed by atoms with van der Waals surface area (Å²) in [5.41, 5.74) is -0.257. The van der Waals surface area contributed by atoms with Crippen molar-refractivity contribution in [3.63, 3.8) is 0 Å². The maximum atomic E-state index is 11.7. The molecule has 4 N–H and O–H groups in total. The minimum absolute atomic E-state index is 0.287. The predicted octanol–water partition coefficient (Wildman–Crippen LogP) is 0.932. The first-order valence-corrected chi connectivity index (χ1v) is 10.8. The van der Waals surface area contributed by atoms with Crippen molar-refractivity contribution in [3.8, 4) is 0 Å². The molecule has 0 bridgehead atoms. The summed E-state index contributed by atoms with van der Waals surface area (Å²) in [6.45, 7) is 2.82. The van der Waals surface area contributed by atoms with Crippen molar-refractivity contribution in [1.82, 2.24) is 20.6 Å². The van der Waals surface area contributed by atoms with Crippen LogP contribution in [0.4, 0.5) is 5.95 Å². The molecule has 1 saturated heterocycles. The Kier molecular flexibility index (Phi) is 8.69. The molecule has 1 amide bonds. The van der Waals surface area contributed by atoms with Crippen LogP contribution in [0.25, 0.3) is 6.08 Å². The number of hydrogen-bond donors (Lipinski definition) is 4. The van der Waals surface area contributed by atoms with Gasteiger partial charge in [-0.25, -0.2) is 9.97 Å². The monoisotopic (exact) mass is 423 g/mol. The van der Waals surface area contributed by atoms with E-state index < -0.39 is 5.56 Å². The number of aliphatic hydroxyl groups is 1. The smallest absolute Gasteiger partial charge is 0.260 e. The van der Waals surface area contributed by atoms with Crippen LogP contribution >= 0.6 is 11.8 Å². The van der Waals surface area contributed by atoms with Crippen LogP contribution in [0.1, 0.15) is 31.4 Å². The Morgan fingerprint density at radius 1 is 1.28 bits per heavy atom. The van der Waals surface area contributed by atoms with Crippen LogP contribution in [0.5, 0.6) is 0 Å². The van der Waals surface area contributed by atoms with E-state index in [9.17, 15) is 9.90 Å². The molecule has 0 radical (unpaired) electrons. The van der Waals surface area contributed by atoms with E-state index in [1.807, 2.05) is 0 Å². The second-order valence-corrected chi connectivity index (χ2v) is 8.13. The molecule has 1 saturated carbocycles. The highest BCUT2D eigenvalue weighted by atomic mass is 32.2. The average molecular weight is 424 g/mol. The molecule has 1 atom stereocenters. The molecule has 2 aliphatic rings. The van der Waals surface area contributed by atoms with E-state index in [4.69, 9.17) is 9.47 Å². The molecule has 2 heterocycles. The van der Waals surface area contributed by atoms with E-state index in [2.05, 4.69) is 25.9 Å². The fraction of sp³-hybridized carbons (Fsp3) is 0.632. The third-order valence-electron chi connectivity index (χ3n) is 4.84. The molecule has 29 heavy (non-hydrogen) atoms. The summed E-state index contributed by atoms with van der Waals surface area (Å²) in [4.78, 5) is 20.9. The number of carbonyl (C=O) groups is 1. The SMILES string of the molecule is COCCOCCN[C@H]1CC[C@H](Nc2nccc(/C=C3\SC(O)NC3=O)n2)CC1. The van der Waals surface area contributed by atoms with E-state index in [0.29, 0.717) is 48.5 Å². The minimum Gasteiger partial charge on any atom is -0.382 e. The van der Waals surface area contributed by atoms with Crippen LogP contribution in [0.15, 0.2) is 17.2 Å². The predicted molar refractivity (Wildman–Crippen MR) is 112 cm³/mol. The highest BCUT2D eigenvalue weighted by Gasteiger charge is 2.25. The number of aliphatic hydroxyl groups excluding tert-OH is 1. The maximum absolute atomic E-state index is 11.7. The molecule has 1 aromatic heterocycles. The number of aromatic nitrogens is 2. The van der Waals surface area contributed by atoms with Crippen molar-refractivity contribution in [2.75, 3.05) is 38.8 Å². The zero-order valence-electron chi connectivity index (χ0n) is 16.6. The van der Waals surface area contributed by atoms with Gasteiger partial charge in [0.15, 0.2) is 5.56 Å². The number of amides is 1. The first-order chi connectivity index (χ1) is 14.1. The lowest BCUT2D eigenvalue weighted by molar-refractivity contribution is -0.117. The third kappa shape index (κ3) is 7.23. The van der Waals surface area contributed by atoms with Gasteiger partial charge in [0.1, 0.15) is 0 Å². The first-order valence-electron chi connectivity index (χ1n) is 9.91. The van der Waals surface area contributed by atoms with Gasteiger partial charge in [0.25, 0.3) is 5.91 Å². The summed E-state index contributed by atoms with van der Waals surface area (Å²) in [5, 5.41) is 18.9. The standard InChI is InChI=1S/C19H29N5O4S/c1-27-10-11-28-9-8-20-13-2-4-14(5-3-13)22-18-21-7-6-15(23-18)12-16-17(25)24-19(26)29-16/h6-7,12-14,19-20,26H,2-5,8-11H2,1H3,(H,24,25)(H,21,22,23)/b16-12-/t13-,14-,19?. The quantitative estimate of drug-likeness (QED) is 0.322. The number of rotatable bonds is 10. The Balaban J connectivity index is 1.40. The Labute approximate surface area is 175 Å². The lowest BCUT2D eigenvalue weighted by Crippen LogP contribution is -2.38. The van der Waals surface area contributed by atoms with Crippen LogP contribution < -0.4 is 16.0 Å². The molecule has 1 aliphatic carbocycles. The van der Waals surface area contributed by atoms with E-state index >= 15 is 0 Å². The Hall–Kier alpha value is -1.72. The highest BCUT2D eigenvalue weighted by Crippen LogP contribution is 2.27. The number of carbonyl (C=O) groups excluding carboxylic acids is 1. The van der Waals surface area contributed by atoms with Gasteiger partial charge in [-0.05, 0) is 37.8 Å². The molecular formula is C19H29N5O4S. The third-order valence-corrected chi connectivity index (χ3v) is 5.74. The van der Waals surface area contributed by atoms with Gasteiger partial charge >= 0.3 is 0 Å². The van der Waals surface area contributed by atoms with Gasteiger partial charge in [0.05, 0.1) is 30.4 Å². The zero-order valence-corrected chi connectivity index (χ0v) is 17.4. The number of anilines is 1. The highest BCUT2D eigenvalue weighted by molar-refractivity contribution is 8.05. The van der Waals surface area contributed by atoms with Crippen molar-refractivity contribution < 1.29 is 19.4 Å². The van der Waals surface area contributed by atoms with Crippen molar-refractivity contribution in [1.29, 1.82) is 0 Å². The van der Waals surface area contributed by atoms with Crippen LogP contribution in [0.3, 0.4) is 0 Å². The van der Waals surface area contributed by atoms with Gasteiger partial charge in [0, 0.05) is 31.9 Å². The number of ether oxygens (including phenoxy) is 2. The molecule has 160 valence electrons. The van der Waals surface area contributed by atoms with Crippen LogP contribution in [-0.4, -0.2) is 72.1 Å². The Bertz CT molecular complexity index is 697. The van der Waals surface area contributed by atoms with Gasteiger partial charge in [-0.15, -0.1) is 0 Å². The molecule has 1 aromatic rings. The number of thioether (sulfide) groups is 1. The van der Waals surface area contributed by atoms with Crippen molar-refractivity contribution >= 4 is 29.7 Å². The topological polar surface area (TPSA) is 118 Å². The lowest BCUT2D eigenvalue weighted by atomic mass is 9.91. The second kappa shape index (κ2) is 11.5. The average Bonchev–Trinajstić information content (AvgIpc) is 3.03.